The van der Waals surface area contributed by atoms with Gasteiger partial charge in [0.1, 0.15) is 5.75 Å². The first-order chi connectivity index (χ1) is 7.74. The minimum absolute atomic E-state index is 0.413. The summed E-state index contributed by atoms with van der Waals surface area (Å²) in [4.78, 5) is 2.53. The van der Waals surface area contributed by atoms with E-state index in [9.17, 15) is 0 Å². The van der Waals surface area contributed by atoms with Gasteiger partial charge in [0.05, 0.1) is 19.2 Å². The van der Waals surface area contributed by atoms with Crippen LogP contribution in [-0.4, -0.2) is 18.1 Å². The molecule has 0 N–H and O–H groups in total. The Morgan fingerprint density at radius 3 is 2.62 bits per heavy atom. The fourth-order valence-electron chi connectivity index (χ4n) is 3.05. The number of rotatable bonds is 2. The molecule has 2 aliphatic heterocycles. The fraction of sp³-hybridized carbons (Fsp3) is 0.429. The third-order valence-corrected chi connectivity index (χ3v) is 3.65. The van der Waals surface area contributed by atoms with Gasteiger partial charge in [-0.2, -0.15) is 0 Å². The number of methoxy groups -OCH3 is 1. The van der Waals surface area contributed by atoms with Crippen LogP contribution in [0, 0.1) is 0 Å². The van der Waals surface area contributed by atoms with Crippen molar-refractivity contribution in [3.05, 3.63) is 41.5 Å². The quantitative estimate of drug-likeness (QED) is 0.703. The van der Waals surface area contributed by atoms with Crippen molar-refractivity contribution in [1.29, 1.82) is 0 Å². The van der Waals surface area contributed by atoms with E-state index in [1.807, 2.05) is 0 Å². The van der Waals surface area contributed by atoms with Crippen molar-refractivity contribution in [1.82, 2.24) is 4.90 Å². The normalized spacial score (nSPS) is 26.5. The SMILES string of the molecule is COc1cccc2c1C1C=CC2N1C(C)C. The first-order valence-corrected chi connectivity index (χ1v) is 5.86. The van der Waals surface area contributed by atoms with Crippen LogP contribution in [0.15, 0.2) is 30.4 Å². The Hall–Kier alpha value is -1.28. The van der Waals surface area contributed by atoms with Crippen LogP contribution in [0.1, 0.15) is 37.1 Å². The molecule has 2 heterocycles. The van der Waals surface area contributed by atoms with Crippen molar-refractivity contribution in [2.24, 2.45) is 0 Å². The summed E-state index contributed by atoms with van der Waals surface area (Å²) in [5.41, 5.74) is 2.78. The monoisotopic (exact) mass is 215 g/mol. The molecule has 0 saturated carbocycles. The topological polar surface area (TPSA) is 12.5 Å². The first-order valence-electron chi connectivity index (χ1n) is 5.86. The lowest BCUT2D eigenvalue weighted by molar-refractivity contribution is 0.187. The van der Waals surface area contributed by atoms with Crippen molar-refractivity contribution in [3.8, 4) is 5.75 Å². The zero-order chi connectivity index (χ0) is 11.3. The largest absolute Gasteiger partial charge is 0.496 e. The van der Waals surface area contributed by atoms with E-state index in [0.29, 0.717) is 18.1 Å². The summed E-state index contributed by atoms with van der Waals surface area (Å²) >= 11 is 0. The second-order valence-corrected chi connectivity index (χ2v) is 4.78. The maximum Gasteiger partial charge on any atom is 0.124 e. The number of benzene rings is 1. The molecule has 2 heteroatoms. The molecule has 0 saturated heterocycles. The Morgan fingerprint density at radius 2 is 1.94 bits per heavy atom. The van der Waals surface area contributed by atoms with Gasteiger partial charge < -0.3 is 4.74 Å². The van der Waals surface area contributed by atoms with Crippen LogP contribution in [0.25, 0.3) is 0 Å². The van der Waals surface area contributed by atoms with E-state index in [4.69, 9.17) is 4.74 Å². The molecule has 0 amide bonds. The Balaban J connectivity index is 2.13. The highest BCUT2D eigenvalue weighted by Gasteiger charge is 2.42. The van der Waals surface area contributed by atoms with Crippen molar-refractivity contribution in [3.63, 3.8) is 0 Å². The van der Waals surface area contributed by atoms with Crippen LogP contribution in [-0.2, 0) is 0 Å². The average molecular weight is 215 g/mol. The van der Waals surface area contributed by atoms with Crippen molar-refractivity contribution in [2.45, 2.75) is 32.0 Å². The third-order valence-electron chi connectivity index (χ3n) is 3.65. The summed E-state index contributed by atoms with van der Waals surface area (Å²) in [6, 6.07) is 7.80. The summed E-state index contributed by atoms with van der Waals surface area (Å²) in [6.07, 6.45) is 4.61. The molecular weight excluding hydrogens is 198 g/mol. The van der Waals surface area contributed by atoms with Crippen LogP contribution in [0.5, 0.6) is 5.75 Å². The Morgan fingerprint density at radius 1 is 1.19 bits per heavy atom. The van der Waals surface area contributed by atoms with Crippen LogP contribution in [0.2, 0.25) is 0 Å². The van der Waals surface area contributed by atoms with Crippen molar-refractivity contribution < 1.29 is 4.74 Å². The summed E-state index contributed by atoms with van der Waals surface area (Å²) < 4.78 is 5.48. The number of hydrogen-bond acceptors (Lipinski definition) is 2. The molecule has 0 spiro atoms. The van der Waals surface area contributed by atoms with Gasteiger partial charge in [0.25, 0.3) is 0 Å². The molecule has 2 bridgehead atoms. The number of hydrogen-bond donors (Lipinski definition) is 0. The van der Waals surface area contributed by atoms with Gasteiger partial charge >= 0.3 is 0 Å². The van der Waals surface area contributed by atoms with Gasteiger partial charge in [0.15, 0.2) is 0 Å². The predicted molar refractivity (Wildman–Crippen MR) is 64.6 cm³/mol. The summed E-state index contributed by atoms with van der Waals surface area (Å²) in [6.45, 7) is 4.51. The zero-order valence-corrected chi connectivity index (χ0v) is 9.97. The van der Waals surface area contributed by atoms with E-state index in [-0.39, 0.29) is 0 Å². The van der Waals surface area contributed by atoms with Gasteiger partial charge in [0.2, 0.25) is 0 Å². The Labute approximate surface area is 96.5 Å². The lowest BCUT2D eigenvalue weighted by atomic mass is 9.96. The average Bonchev–Trinajstić information content (AvgIpc) is 2.84. The minimum Gasteiger partial charge on any atom is -0.496 e. The predicted octanol–water partition coefficient (Wildman–Crippen LogP) is 3.07. The Kier molecular flexibility index (Phi) is 2.08. The van der Waals surface area contributed by atoms with E-state index >= 15 is 0 Å². The fourth-order valence-corrected chi connectivity index (χ4v) is 3.05. The van der Waals surface area contributed by atoms with Gasteiger partial charge in [-0.1, -0.05) is 24.3 Å². The van der Waals surface area contributed by atoms with Gasteiger partial charge in [-0.15, -0.1) is 0 Å². The molecule has 84 valence electrons. The number of nitrogens with zero attached hydrogens (tertiary/aromatic N) is 1. The van der Waals surface area contributed by atoms with Crippen LogP contribution >= 0.6 is 0 Å². The summed E-state index contributed by atoms with van der Waals surface area (Å²) in [5.74, 6) is 1.03. The van der Waals surface area contributed by atoms with Crippen LogP contribution < -0.4 is 4.74 Å². The Bertz CT molecular complexity index is 450. The van der Waals surface area contributed by atoms with E-state index in [2.05, 4.69) is 49.1 Å². The molecule has 0 aliphatic carbocycles. The van der Waals surface area contributed by atoms with E-state index < -0.39 is 0 Å². The molecule has 2 nitrogen and oxygen atoms in total. The smallest absolute Gasteiger partial charge is 0.124 e. The number of ether oxygens (including phenoxy) is 1. The maximum atomic E-state index is 5.48. The molecule has 0 fully saturated rings. The molecule has 2 aliphatic rings. The highest BCUT2D eigenvalue weighted by molar-refractivity contribution is 5.53. The van der Waals surface area contributed by atoms with Crippen LogP contribution in [0.4, 0.5) is 0 Å². The van der Waals surface area contributed by atoms with E-state index in [0.717, 1.165) is 5.75 Å². The van der Waals surface area contributed by atoms with E-state index in [1.165, 1.54) is 11.1 Å². The molecule has 0 radical (unpaired) electrons. The minimum atomic E-state index is 0.413. The molecular formula is C14H17NO. The second-order valence-electron chi connectivity index (χ2n) is 4.78. The van der Waals surface area contributed by atoms with Gasteiger partial charge in [-0.25, -0.2) is 0 Å². The van der Waals surface area contributed by atoms with Crippen LogP contribution in [0.3, 0.4) is 0 Å². The number of fused-ring (bicyclic) bond motifs is 5. The summed E-state index contributed by atoms with van der Waals surface area (Å²) in [7, 11) is 1.75. The third kappa shape index (κ3) is 1.11. The molecule has 1 aromatic carbocycles. The maximum absolute atomic E-state index is 5.48. The molecule has 16 heavy (non-hydrogen) atoms. The highest BCUT2D eigenvalue weighted by Crippen LogP contribution is 2.52. The zero-order valence-electron chi connectivity index (χ0n) is 9.97. The molecule has 2 atom stereocenters. The molecule has 2 unspecified atom stereocenters. The first kappa shape index (κ1) is 9.91. The van der Waals surface area contributed by atoms with Crippen molar-refractivity contribution >= 4 is 0 Å². The second kappa shape index (κ2) is 3.36. The lowest BCUT2D eigenvalue weighted by Gasteiger charge is -2.26. The lowest BCUT2D eigenvalue weighted by Crippen LogP contribution is -2.28. The summed E-state index contributed by atoms with van der Waals surface area (Å²) in [5, 5.41) is 0. The standard InChI is InChI=1S/C14H17NO/c1-9(2)15-11-7-8-12(15)14-10(11)5-4-6-13(14)16-3/h4-9,11-12H,1-3H3. The highest BCUT2D eigenvalue weighted by atomic mass is 16.5. The van der Waals surface area contributed by atoms with Gasteiger partial charge in [0, 0.05) is 11.6 Å². The van der Waals surface area contributed by atoms with Gasteiger partial charge in [-0.3, -0.25) is 4.90 Å². The molecule has 1 aromatic rings. The van der Waals surface area contributed by atoms with E-state index in [1.54, 1.807) is 7.11 Å². The van der Waals surface area contributed by atoms with Crippen molar-refractivity contribution in [2.75, 3.05) is 7.11 Å². The molecule has 3 rings (SSSR count). The van der Waals surface area contributed by atoms with Gasteiger partial charge in [-0.05, 0) is 25.5 Å². The molecule has 0 aromatic heterocycles.